The van der Waals surface area contributed by atoms with Gasteiger partial charge in [0.25, 0.3) is 0 Å². The van der Waals surface area contributed by atoms with E-state index in [9.17, 15) is 4.79 Å². The molecule has 0 saturated carbocycles. The first kappa shape index (κ1) is 25.3. The summed E-state index contributed by atoms with van der Waals surface area (Å²) in [6.45, 7) is 1.47. The van der Waals surface area contributed by atoms with Crippen molar-refractivity contribution in [3.05, 3.63) is 96.1 Å². The van der Waals surface area contributed by atoms with Crippen LogP contribution in [0.1, 0.15) is 28.8 Å². The predicted octanol–water partition coefficient (Wildman–Crippen LogP) is 6.42. The highest BCUT2D eigenvalue weighted by atomic mass is 32.2. The van der Waals surface area contributed by atoms with E-state index in [1.807, 2.05) is 48.5 Å². The van der Waals surface area contributed by atoms with E-state index in [0.717, 1.165) is 63.7 Å². The molecular formula is C31H28N4O3S. The first-order chi connectivity index (χ1) is 19.2. The zero-order valence-corrected chi connectivity index (χ0v) is 22.4. The molecule has 39 heavy (non-hydrogen) atoms. The van der Waals surface area contributed by atoms with Crippen LogP contribution in [0.15, 0.2) is 90.1 Å². The zero-order valence-electron chi connectivity index (χ0n) is 21.6. The summed E-state index contributed by atoms with van der Waals surface area (Å²) in [4.78, 5) is 16.7. The fourth-order valence-corrected chi connectivity index (χ4v) is 5.77. The SMILES string of the molecule is COC(=O)c1ccc(CSc2nnc(-c3cc(-c4ccccc4)nc4ccccc34)n2CC2CCCO2)cc1. The third-order valence-corrected chi connectivity index (χ3v) is 7.93. The summed E-state index contributed by atoms with van der Waals surface area (Å²) in [7, 11) is 1.39. The van der Waals surface area contributed by atoms with E-state index in [0.29, 0.717) is 17.9 Å². The average molecular weight is 537 g/mol. The summed E-state index contributed by atoms with van der Waals surface area (Å²) in [6.07, 6.45) is 2.21. The van der Waals surface area contributed by atoms with Crippen LogP contribution < -0.4 is 0 Å². The molecule has 0 aliphatic carbocycles. The second-order valence-electron chi connectivity index (χ2n) is 9.47. The molecule has 0 N–H and O–H groups in total. The Kier molecular flexibility index (Phi) is 7.38. The Hall–Kier alpha value is -4.01. The molecule has 1 aliphatic heterocycles. The minimum atomic E-state index is -0.338. The highest BCUT2D eigenvalue weighted by Crippen LogP contribution is 2.34. The largest absolute Gasteiger partial charge is 0.465 e. The molecule has 1 atom stereocenters. The van der Waals surface area contributed by atoms with Gasteiger partial charge in [-0.15, -0.1) is 10.2 Å². The van der Waals surface area contributed by atoms with Gasteiger partial charge in [-0.1, -0.05) is 72.4 Å². The van der Waals surface area contributed by atoms with Gasteiger partial charge in [0.2, 0.25) is 0 Å². The van der Waals surface area contributed by atoms with Gasteiger partial charge < -0.3 is 9.47 Å². The smallest absolute Gasteiger partial charge is 0.337 e. The fourth-order valence-electron chi connectivity index (χ4n) is 4.87. The molecule has 1 unspecified atom stereocenters. The van der Waals surface area contributed by atoms with Crippen LogP contribution in [0.2, 0.25) is 0 Å². The Morgan fingerprint density at radius 1 is 1.03 bits per heavy atom. The maximum absolute atomic E-state index is 11.8. The molecule has 0 spiro atoms. The lowest BCUT2D eigenvalue weighted by molar-refractivity contribution is 0.0600. The topological polar surface area (TPSA) is 79.1 Å². The molecule has 196 valence electrons. The molecule has 0 radical (unpaired) electrons. The molecular weight excluding hydrogens is 508 g/mol. The van der Waals surface area contributed by atoms with Crippen molar-refractivity contribution < 1.29 is 14.3 Å². The maximum atomic E-state index is 11.8. The van der Waals surface area contributed by atoms with Crippen molar-refractivity contribution in [2.24, 2.45) is 0 Å². The van der Waals surface area contributed by atoms with Crippen molar-refractivity contribution in [2.45, 2.75) is 36.4 Å². The van der Waals surface area contributed by atoms with Crippen LogP contribution in [-0.4, -0.2) is 45.5 Å². The number of hydrogen-bond acceptors (Lipinski definition) is 7. The number of ether oxygens (including phenoxy) is 2. The van der Waals surface area contributed by atoms with E-state index in [1.165, 1.54) is 7.11 Å². The van der Waals surface area contributed by atoms with Crippen LogP contribution in [0.4, 0.5) is 0 Å². The van der Waals surface area contributed by atoms with Crippen LogP contribution >= 0.6 is 11.8 Å². The third-order valence-electron chi connectivity index (χ3n) is 6.90. The molecule has 1 fully saturated rings. The summed E-state index contributed by atoms with van der Waals surface area (Å²) in [5.74, 6) is 1.16. The molecule has 6 rings (SSSR count). The summed E-state index contributed by atoms with van der Waals surface area (Å²) < 4.78 is 13.0. The number of rotatable bonds is 8. The second kappa shape index (κ2) is 11.4. The first-order valence-electron chi connectivity index (χ1n) is 13.0. The van der Waals surface area contributed by atoms with Crippen LogP contribution in [0, 0.1) is 0 Å². The number of benzene rings is 3. The van der Waals surface area contributed by atoms with Crippen LogP contribution in [0.25, 0.3) is 33.5 Å². The fraction of sp³-hybridized carbons (Fsp3) is 0.226. The van der Waals surface area contributed by atoms with Gasteiger partial charge in [0.05, 0.1) is 36.5 Å². The van der Waals surface area contributed by atoms with Gasteiger partial charge in [-0.05, 0) is 42.7 Å². The van der Waals surface area contributed by atoms with Crippen LogP contribution in [0.3, 0.4) is 0 Å². The summed E-state index contributed by atoms with van der Waals surface area (Å²) in [6, 6.07) is 28.0. The number of fused-ring (bicyclic) bond motifs is 1. The van der Waals surface area contributed by atoms with Gasteiger partial charge in [-0.25, -0.2) is 9.78 Å². The normalized spacial score (nSPS) is 15.1. The van der Waals surface area contributed by atoms with E-state index < -0.39 is 0 Å². The van der Waals surface area contributed by atoms with Crippen molar-refractivity contribution in [3.8, 4) is 22.6 Å². The van der Waals surface area contributed by atoms with Gasteiger partial charge >= 0.3 is 5.97 Å². The zero-order chi connectivity index (χ0) is 26.6. The number of esters is 1. The van der Waals surface area contributed by atoms with E-state index in [1.54, 1.807) is 23.9 Å². The van der Waals surface area contributed by atoms with Crippen molar-refractivity contribution in [1.29, 1.82) is 0 Å². The van der Waals surface area contributed by atoms with Gasteiger partial charge in [0.15, 0.2) is 11.0 Å². The Morgan fingerprint density at radius 3 is 2.59 bits per heavy atom. The third kappa shape index (κ3) is 5.44. The van der Waals surface area contributed by atoms with E-state index in [-0.39, 0.29) is 12.1 Å². The van der Waals surface area contributed by atoms with Gasteiger partial charge in [0.1, 0.15) is 0 Å². The minimum absolute atomic E-state index is 0.125. The Labute approximate surface area is 231 Å². The quantitative estimate of drug-likeness (QED) is 0.167. The molecule has 3 heterocycles. The first-order valence-corrected chi connectivity index (χ1v) is 14.0. The number of carbonyl (C=O) groups excluding carboxylic acids is 1. The van der Waals surface area contributed by atoms with Crippen molar-refractivity contribution in [3.63, 3.8) is 0 Å². The highest BCUT2D eigenvalue weighted by molar-refractivity contribution is 7.98. The van der Waals surface area contributed by atoms with Crippen molar-refractivity contribution in [1.82, 2.24) is 19.7 Å². The molecule has 1 aliphatic rings. The summed E-state index contributed by atoms with van der Waals surface area (Å²) in [5, 5.41) is 11.2. The van der Waals surface area contributed by atoms with E-state index in [2.05, 4.69) is 33.9 Å². The Balaban J connectivity index is 1.38. The number of hydrogen-bond donors (Lipinski definition) is 0. The standard InChI is InChI=1S/C31H28N4O3S/c1-37-30(36)23-15-13-21(14-16-23)20-39-31-34-33-29(35(31)19-24-10-7-17-38-24)26-18-28(22-8-3-2-4-9-22)32-27-12-6-5-11-25(26)27/h2-6,8-9,11-16,18,24H,7,10,17,19-20H2,1H3. The number of aromatic nitrogens is 4. The van der Waals surface area contributed by atoms with Crippen molar-refractivity contribution >= 4 is 28.6 Å². The lowest BCUT2D eigenvalue weighted by atomic mass is 10.0. The number of thioether (sulfide) groups is 1. The number of para-hydroxylation sites is 1. The number of pyridine rings is 1. The number of carbonyl (C=O) groups is 1. The van der Waals surface area contributed by atoms with Gasteiger partial charge in [0, 0.05) is 28.9 Å². The molecule has 7 nitrogen and oxygen atoms in total. The number of nitrogens with zero attached hydrogens (tertiary/aromatic N) is 4. The molecule has 8 heteroatoms. The summed E-state index contributed by atoms with van der Waals surface area (Å²) >= 11 is 1.63. The minimum Gasteiger partial charge on any atom is -0.465 e. The lowest BCUT2D eigenvalue weighted by Crippen LogP contribution is -2.16. The van der Waals surface area contributed by atoms with E-state index in [4.69, 9.17) is 19.6 Å². The molecule has 1 saturated heterocycles. The molecule has 0 amide bonds. The van der Waals surface area contributed by atoms with Crippen molar-refractivity contribution in [2.75, 3.05) is 13.7 Å². The monoisotopic (exact) mass is 536 g/mol. The molecule has 0 bridgehead atoms. The van der Waals surface area contributed by atoms with Crippen LogP contribution in [0.5, 0.6) is 0 Å². The lowest BCUT2D eigenvalue weighted by Gasteiger charge is -2.16. The molecule has 3 aromatic carbocycles. The van der Waals surface area contributed by atoms with Gasteiger partial charge in [-0.2, -0.15) is 0 Å². The Morgan fingerprint density at radius 2 is 1.82 bits per heavy atom. The predicted molar refractivity (Wildman–Crippen MR) is 153 cm³/mol. The van der Waals surface area contributed by atoms with Crippen LogP contribution in [-0.2, 0) is 21.8 Å². The summed E-state index contributed by atoms with van der Waals surface area (Å²) in [5.41, 5.74) is 5.49. The van der Waals surface area contributed by atoms with Gasteiger partial charge in [-0.3, -0.25) is 4.57 Å². The highest BCUT2D eigenvalue weighted by Gasteiger charge is 2.23. The molecule has 2 aromatic heterocycles. The Bertz CT molecular complexity index is 1600. The second-order valence-corrected chi connectivity index (χ2v) is 10.4. The maximum Gasteiger partial charge on any atom is 0.337 e. The average Bonchev–Trinajstić information content (AvgIpc) is 3.66. The number of methoxy groups -OCH3 is 1. The van der Waals surface area contributed by atoms with E-state index >= 15 is 0 Å². The molecule has 5 aromatic rings.